The molecule has 144 valence electrons. The highest BCUT2D eigenvalue weighted by Gasteiger charge is 2.34. The van der Waals surface area contributed by atoms with Crippen LogP contribution < -0.4 is 15.5 Å². The highest BCUT2D eigenvalue weighted by atomic mass is 16.5. The van der Waals surface area contributed by atoms with Gasteiger partial charge in [-0.05, 0) is 30.5 Å². The van der Waals surface area contributed by atoms with Gasteiger partial charge in [0.25, 0.3) is 0 Å². The number of carbonyl (C=O) groups is 2. The summed E-state index contributed by atoms with van der Waals surface area (Å²) >= 11 is 0. The van der Waals surface area contributed by atoms with Crippen LogP contribution in [0.2, 0.25) is 0 Å². The second-order valence-electron chi connectivity index (χ2n) is 6.86. The number of nitrogens with one attached hydrogen (secondary N) is 2. The number of fused-ring (bicyclic) bond motifs is 1. The summed E-state index contributed by atoms with van der Waals surface area (Å²) in [6.45, 7) is 3.35. The normalized spacial score (nSPS) is 18.4. The molecule has 0 saturated carbocycles. The van der Waals surface area contributed by atoms with Crippen LogP contribution >= 0.6 is 0 Å². The molecule has 2 heterocycles. The third-order valence-electron chi connectivity index (χ3n) is 5.11. The Balaban J connectivity index is 1.73. The summed E-state index contributed by atoms with van der Waals surface area (Å²) < 4.78 is 5.33. The lowest BCUT2D eigenvalue weighted by Gasteiger charge is -2.31. The van der Waals surface area contributed by atoms with Crippen molar-refractivity contribution in [3.63, 3.8) is 0 Å². The lowest BCUT2D eigenvalue weighted by atomic mass is 9.95. The molecule has 0 fully saturated rings. The molecule has 0 radical (unpaired) electrons. The van der Waals surface area contributed by atoms with Gasteiger partial charge in [-0.2, -0.15) is 0 Å². The smallest absolute Gasteiger partial charge is 0.338 e. The summed E-state index contributed by atoms with van der Waals surface area (Å²) in [6.07, 6.45) is 0.951. The minimum absolute atomic E-state index is 0.275. The Morgan fingerprint density at radius 1 is 1.14 bits per heavy atom. The van der Waals surface area contributed by atoms with Crippen LogP contribution in [0, 0.1) is 0 Å². The molecule has 6 nitrogen and oxygen atoms in total. The number of nitrogens with zero attached hydrogens (tertiary/aromatic N) is 1. The van der Waals surface area contributed by atoms with Crippen LogP contribution in [0.15, 0.2) is 65.9 Å². The Labute approximate surface area is 164 Å². The summed E-state index contributed by atoms with van der Waals surface area (Å²) in [6, 6.07) is 16.9. The summed E-state index contributed by atoms with van der Waals surface area (Å²) in [5.41, 5.74) is 4.31. The van der Waals surface area contributed by atoms with Crippen LogP contribution in [0.5, 0.6) is 0 Å². The second-order valence-corrected chi connectivity index (χ2v) is 6.86. The minimum atomic E-state index is -0.540. The van der Waals surface area contributed by atoms with Gasteiger partial charge in [0, 0.05) is 12.2 Å². The highest BCUT2D eigenvalue weighted by molar-refractivity contribution is 5.95. The van der Waals surface area contributed by atoms with Crippen molar-refractivity contribution in [3.8, 4) is 0 Å². The van der Waals surface area contributed by atoms with Gasteiger partial charge in [0.1, 0.15) is 0 Å². The highest BCUT2D eigenvalue weighted by Crippen LogP contribution is 2.31. The first-order chi connectivity index (χ1) is 13.7. The monoisotopic (exact) mass is 377 g/mol. The first kappa shape index (κ1) is 18.1. The Morgan fingerprint density at radius 2 is 1.89 bits per heavy atom. The Morgan fingerprint density at radius 3 is 2.68 bits per heavy atom. The van der Waals surface area contributed by atoms with Crippen molar-refractivity contribution >= 4 is 17.7 Å². The molecule has 0 spiro atoms. The molecule has 2 aliphatic rings. The predicted molar refractivity (Wildman–Crippen MR) is 107 cm³/mol. The molecule has 4 rings (SSSR count). The number of anilines is 1. The van der Waals surface area contributed by atoms with E-state index < -0.39 is 12.0 Å². The average molecular weight is 377 g/mol. The van der Waals surface area contributed by atoms with Crippen molar-refractivity contribution in [2.45, 2.75) is 19.4 Å². The molecule has 2 aliphatic heterocycles. The van der Waals surface area contributed by atoms with Gasteiger partial charge in [-0.15, -0.1) is 0 Å². The van der Waals surface area contributed by atoms with Crippen molar-refractivity contribution in [1.29, 1.82) is 0 Å². The van der Waals surface area contributed by atoms with E-state index >= 15 is 0 Å². The van der Waals surface area contributed by atoms with E-state index in [0.717, 1.165) is 24.2 Å². The molecule has 28 heavy (non-hydrogen) atoms. The van der Waals surface area contributed by atoms with Crippen LogP contribution in [-0.2, 0) is 16.0 Å². The fraction of sp³-hybridized carbons (Fsp3) is 0.273. The lowest BCUT2D eigenvalue weighted by molar-refractivity contribution is -0.139. The summed E-state index contributed by atoms with van der Waals surface area (Å²) in [7, 11) is 0. The number of benzene rings is 2. The van der Waals surface area contributed by atoms with Gasteiger partial charge in [-0.25, -0.2) is 9.59 Å². The first-order valence-corrected chi connectivity index (χ1v) is 9.53. The van der Waals surface area contributed by atoms with E-state index in [0.29, 0.717) is 17.8 Å². The summed E-state index contributed by atoms with van der Waals surface area (Å²) in [5, 5.41) is 5.72. The zero-order chi connectivity index (χ0) is 19.5. The van der Waals surface area contributed by atoms with Gasteiger partial charge in [0.15, 0.2) is 0 Å². The second kappa shape index (κ2) is 7.76. The quantitative estimate of drug-likeness (QED) is 0.786. The number of esters is 1. The number of hydrogen-bond acceptors (Lipinski definition) is 4. The zero-order valence-electron chi connectivity index (χ0n) is 15.8. The maximum atomic E-state index is 12.8. The number of hydrogen-bond donors (Lipinski definition) is 2. The van der Waals surface area contributed by atoms with Crippen LogP contribution in [-0.4, -0.2) is 31.7 Å². The van der Waals surface area contributed by atoms with Crippen LogP contribution in [0.25, 0.3) is 0 Å². The Hall–Kier alpha value is -3.28. The van der Waals surface area contributed by atoms with E-state index in [9.17, 15) is 9.59 Å². The number of rotatable bonds is 5. The lowest BCUT2D eigenvalue weighted by Crippen LogP contribution is -2.48. The standard InChI is InChI=1S/C22H23N3O3/c1-2-28-21(26)19-17(14-25-13-12-15-8-6-7-11-18(15)25)23-22(27)24-20(19)16-9-4-3-5-10-16/h3-11,20H,2,12-14H2,1H3,(H2,23,24,27). The largest absolute Gasteiger partial charge is 0.463 e. The van der Waals surface area contributed by atoms with Crippen molar-refractivity contribution in [2.75, 3.05) is 24.6 Å². The van der Waals surface area contributed by atoms with Gasteiger partial charge in [-0.3, -0.25) is 0 Å². The maximum Gasteiger partial charge on any atom is 0.338 e. The first-order valence-electron chi connectivity index (χ1n) is 9.53. The molecule has 0 aromatic heterocycles. The third-order valence-corrected chi connectivity index (χ3v) is 5.11. The van der Waals surface area contributed by atoms with Gasteiger partial charge < -0.3 is 20.3 Å². The molecule has 0 bridgehead atoms. The average Bonchev–Trinajstić information content (AvgIpc) is 3.11. The van der Waals surface area contributed by atoms with E-state index in [1.54, 1.807) is 6.92 Å². The van der Waals surface area contributed by atoms with Crippen molar-refractivity contribution in [2.24, 2.45) is 0 Å². The summed E-state index contributed by atoms with van der Waals surface area (Å²) in [5.74, 6) is -0.411. The van der Waals surface area contributed by atoms with Crippen LogP contribution in [0.1, 0.15) is 24.1 Å². The van der Waals surface area contributed by atoms with Gasteiger partial charge in [0.2, 0.25) is 0 Å². The molecule has 1 atom stereocenters. The molecular weight excluding hydrogens is 354 g/mol. The fourth-order valence-corrected chi connectivity index (χ4v) is 3.85. The molecule has 2 aromatic rings. The topological polar surface area (TPSA) is 70.7 Å². The summed E-state index contributed by atoms with van der Waals surface area (Å²) in [4.78, 5) is 27.4. The molecule has 0 aliphatic carbocycles. The molecule has 2 N–H and O–H groups in total. The third kappa shape index (κ3) is 3.45. The maximum absolute atomic E-state index is 12.8. The van der Waals surface area contributed by atoms with Gasteiger partial charge >= 0.3 is 12.0 Å². The number of carbonyl (C=O) groups excluding carboxylic acids is 2. The SMILES string of the molecule is CCOC(=O)C1=C(CN2CCc3ccccc32)NC(=O)NC1c1ccccc1. The molecule has 0 saturated heterocycles. The van der Waals surface area contributed by atoms with Crippen molar-refractivity contribution in [3.05, 3.63) is 77.0 Å². The Bertz CT molecular complexity index is 924. The van der Waals surface area contributed by atoms with Crippen molar-refractivity contribution in [1.82, 2.24) is 10.6 Å². The van der Waals surface area contributed by atoms with Gasteiger partial charge in [0.05, 0.1) is 30.5 Å². The molecule has 2 amide bonds. The zero-order valence-corrected chi connectivity index (χ0v) is 15.8. The molecule has 6 heteroatoms. The number of amides is 2. The van der Waals surface area contributed by atoms with Crippen LogP contribution in [0.3, 0.4) is 0 Å². The number of para-hydroxylation sites is 1. The van der Waals surface area contributed by atoms with E-state index in [1.165, 1.54) is 5.56 Å². The predicted octanol–water partition coefficient (Wildman–Crippen LogP) is 2.92. The molecule has 2 aromatic carbocycles. The van der Waals surface area contributed by atoms with E-state index in [4.69, 9.17) is 4.74 Å². The number of urea groups is 1. The molecular formula is C22H23N3O3. The van der Waals surface area contributed by atoms with E-state index in [2.05, 4.69) is 27.7 Å². The minimum Gasteiger partial charge on any atom is -0.463 e. The molecule has 1 unspecified atom stereocenters. The number of ether oxygens (including phenoxy) is 1. The van der Waals surface area contributed by atoms with E-state index in [-0.39, 0.29) is 12.6 Å². The van der Waals surface area contributed by atoms with Gasteiger partial charge in [-0.1, -0.05) is 48.5 Å². The Kier molecular flexibility index (Phi) is 5.02. The van der Waals surface area contributed by atoms with E-state index in [1.807, 2.05) is 42.5 Å². The fourth-order valence-electron chi connectivity index (χ4n) is 3.85. The van der Waals surface area contributed by atoms with Crippen molar-refractivity contribution < 1.29 is 14.3 Å². The van der Waals surface area contributed by atoms with Crippen LogP contribution in [0.4, 0.5) is 10.5 Å².